The molecule has 0 aromatic heterocycles. The topological polar surface area (TPSA) is 123 Å². The van der Waals surface area contributed by atoms with Gasteiger partial charge in [-0.15, -0.1) is 0 Å². The van der Waals surface area contributed by atoms with Crippen LogP contribution >= 0.6 is 0 Å². The van der Waals surface area contributed by atoms with Crippen LogP contribution < -0.4 is 20.1 Å². The van der Waals surface area contributed by atoms with E-state index in [9.17, 15) is 24.1 Å². The van der Waals surface area contributed by atoms with Crippen LogP contribution in [0.1, 0.15) is 23.2 Å². The number of benzene rings is 2. The van der Waals surface area contributed by atoms with Gasteiger partial charge in [0.1, 0.15) is 24.6 Å². The maximum atomic E-state index is 13.3. The van der Waals surface area contributed by atoms with Crippen molar-refractivity contribution in [1.29, 1.82) is 0 Å². The fourth-order valence-corrected chi connectivity index (χ4v) is 3.97. The second kappa shape index (κ2) is 9.72. The van der Waals surface area contributed by atoms with Crippen molar-refractivity contribution in [1.82, 2.24) is 10.2 Å². The Labute approximate surface area is 188 Å². The zero-order chi connectivity index (χ0) is 23.4. The third kappa shape index (κ3) is 5.30. The lowest BCUT2D eigenvalue weighted by atomic mass is 9.97. The largest absolute Gasteiger partial charge is 0.486 e. The number of carbonyl (C=O) groups is 2. The van der Waals surface area contributed by atoms with Crippen molar-refractivity contribution in [2.75, 3.05) is 38.2 Å². The standard InChI is InChI=1S/C22H23FN4O6/c23-15-4-1-5-16(9-15)25-22(29)24-12-14-3-2-6-26(13-14)21(28)17-10-19-20(33-8-7-32-19)11-18(17)27(30)31/h1,4-5,9-11,14H,2-3,6-8,12-13H2,(H2,24,25,29). The Balaban J connectivity index is 1.39. The number of nitro groups is 1. The number of nitrogens with one attached hydrogen (secondary N) is 2. The molecule has 0 aliphatic carbocycles. The second-order valence-electron chi connectivity index (χ2n) is 7.87. The van der Waals surface area contributed by atoms with Crippen molar-refractivity contribution < 1.29 is 28.4 Å². The van der Waals surface area contributed by atoms with E-state index in [0.717, 1.165) is 6.42 Å². The number of amides is 3. The van der Waals surface area contributed by atoms with E-state index in [1.165, 1.54) is 30.3 Å². The van der Waals surface area contributed by atoms with Crippen LogP contribution in [0.5, 0.6) is 11.5 Å². The summed E-state index contributed by atoms with van der Waals surface area (Å²) in [6.45, 7) is 1.67. The van der Waals surface area contributed by atoms with Gasteiger partial charge in [0.05, 0.1) is 11.0 Å². The van der Waals surface area contributed by atoms with Crippen LogP contribution in [-0.2, 0) is 0 Å². The number of likely N-dealkylation sites (tertiary alicyclic amines) is 1. The number of nitro benzene ring substituents is 1. The van der Waals surface area contributed by atoms with Crippen LogP contribution in [0.2, 0.25) is 0 Å². The molecule has 2 heterocycles. The third-order valence-corrected chi connectivity index (χ3v) is 5.53. The molecule has 10 nitrogen and oxygen atoms in total. The number of hydrogen-bond donors (Lipinski definition) is 2. The van der Waals surface area contributed by atoms with Gasteiger partial charge >= 0.3 is 6.03 Å². The molecule has 1 fully saturated rings. The maximum absolute atomic E-state index is 13.3. The van der Waals surface area contributed by atoms with Crippen LogP contribution in [0.15, 0.2) is 36.4 Å². The summed E-state index contributed by atoms with van der Waals surface area (Å²) in [6.07, 6.45) is 1.48. The minimum atomic E-state index is -0.606. The first-order valence-corrected chi connectivity index (χ1v) is 10.6. The summed E-state index contributed by atoms with van der Waals surface area (Å²) >= 11 is 0. The summed E-state index contributed by atoms with van der Waals surface area (Å²) in [5.41, 5.74) is -0.0560. The summed E-state index contributed by atoms with van der Waals surface area (Å²) in [4.78, 5) is 37.8. The number of piperidine rings is 1. The molecule has 0 spiro atoms. The lowest BCUT2D eigenvalue weighted by Gasteiger charge is -2.33. The number of urea groups is 1. The molecule has 2 aromatic rings. The first-order valence-electron chi connectivity index (χ1n) is 10.6. The Kier molecular flexibility index (Phi) is 6.57. The van der Waals surface area contributed by atoms with Gasteiger partial charge in [0.15, 0.2) is 11.5 Å². The number of hydrogen-bond acceptors (Lipinski definition) is 6. The normalized spacial score (nSPS) is 17.2. The average molecular weight is 458 g/mol. The first-order chi connectivity index (χ1) is 15.9. The van der Waals surface area contributed by atoms with Crippen LogP contribution in [-0.4, -0.2) is 54.6 Å². The zero-order valence-corrected chi connectivity index (χ0v) is 17.7. The van der Waals surface area contributed by atoms with Gasteiger partial charge in [-0.1, -0.05) is 6.07 Å². The summed E-state index contributed by atoms with van der Waals surface area (Å²) in [5.74, 6) is -0.402. The third-order valence-electron chi connectivity index (χ3n) is 5.53. The van der Waals surface area contributed by atoms with E-state index in [1.54, 1.807) is 11.0 Å². The van der Waals surface area contributed by atoms with Gasteiger partial charge in [-0.3, -0.25) is 14.9 Å². The Hall–Kier alpha value is -3.89. The van der Waals surface area contributed by atoms with E-state index >= 15 is 0 Å². The number of nitrogens with zero attached hydrogens (tertiary/aromatic N) is 2. The highest BCUT2D eigenvalue weighted by atomic mass is 19.1. The highest BCUT2D eigenvalue weighted by Crippen LogP contribution is 2.37. The van der Waals surface area contributed by atoms with Gasteiger partial charge in [-0.2, -0.15) is 0 Å². The van der Waals surface area contributed by atoms with Crippen LogP contribution in [0.4, 0.5) is 20.6 Å². The molecule has 1 saturated heterocycles. The van der Waals surface area contributed by atoms with E-state index in [-0.39, 0.29) is 29.5 Å². The molecule has 2 aliphatic heterocycles. The minimum Gasteiger partial charge on any atom is -0.486 e. The van der Waals surface area contributed by atoms with Gasteiger partial charge in [0, 0.05) is 31.4 Å². The number of anilines is 1. The van der Waals surface area contributed by atoms with Crippen molar-refractivity contribution in [3.63, 3.8) is 0 Å². The lowest BCUT2D eigenvalue weighted by Crippen LogP contribution is -2.44. The molecule has 174 valence electrons. The van der Waals surface area contributed by atoms with Crippen molar-refractivity contribution >= 4 is 23.3 Å². The SMILES string of the molecule is O=C(NCC1CCCN(C(=O)c2cc3c(cc2[N+](=O)[O-])OCCO3)C1)Nc1cccc(F)c1. The highest BCUT2D eigenvalue weighted by Gasteiger charge is 2.31. The number of fused-ring (bicyclic) bond motifs is 1. The number of carbonyl (C=O) groups excluding carboxylic acids is 2. The average Bonchev–Trinajstić information content (AvgIpc) is 2.81. The van der Waals surface area contributed by atoms with E-state index in [1.807, 2.05) is 0 Å². The van der Waals surface area contributed by atoms with Crippen molar-refractivity contribution in [3.8, 4) is 11.5 Å². The molecule has 11 heteroatoms. The van der Waals surface area contributed by atoms with Crippen LogP contribution in [0.25, 0.3) is 0 Å². The van der Waals surface area contributed by atoms with Crippen molar-refractivity contribution in [2.24, 2.45) is 5.92 Å². The lowest BCUT2D eigenvalue weighted by molar-refractivity contribution is -0.385. The molecule has 2 N–H and O–H groups in total. The Morgan fingerprint density at radius 1 is 1.18 bits per heavy atom. The number of ether oxygens (including phenoxy) is 2. The van der Waals surface area contributed by atoms with E-state index in [2.05, 4.69) is 10.6 Å². The van der Waals surface area contributed by atoms with E-state index < -0.39 is 22.7 Å². The first kappa shape index (κ1) is 22.3. The van der Waals surface area contributed by atoms with E-state index in [4.69, 9.17) is 9.47 Å². The Morgan fingerprint density at radius 2 is 1.94 bits per heavy atom. The molecule has 1 unspecified atom stereocenters. The minimum absolute atomic E-state index is 0.0303. The van der Waals surface area contributed by atoms with Gasteiger partial charge in [0.25, 0.3) is 11.6 Å². The number of rotatable bonds is 5. The number of halogens is 1. The fraction of sp³-hybridized carbons (Fsp3) is 0.364. The van der Waals surface area contributed by atoms with Crippen LogP contribution in [0, 0.1) is 21.8 Å². The molecule has 0 bridgehead atoms. The molecule has 33 heavy (non-hydrogen) atoms. The van der Waals surface area contributed by atoms with E-state index in [0.29, 0.717) is 44.1 Å². The van der Waals surface area contributed by atoms with Crippen molar-refractivity contribution in [3.05, 3.63) is 57.9 Å². The molecule has 0 saturated carbocycles. The molecular formula is C22H23FN4O6. The zero-order valence-electron chi connectivity index (χ0n) is 17.7. The second-order valence-corrected chi connectivity index (χ2v) is 7.87. The monoisotopic (exact) mass is 458 g/mol. The summed E-state index contributed by atoms with van der Waals surface area (Å²) in [6, 6.07) is 7.66. The predicted molar refractivity (Wildman–Crippen MR) is 116 cm³/mol. The Bertz CT molecular complexity index is 1080. The highest BCUT2D eigenvalue weighted by molar-refractivity contribution is 5.99. The summed E-state index contributed by atoms with van der Waals surface area (Å²) in [7, 11) is 0. The smallest absolute Gasteiger partial charge is 0.319 e. The predicted octanol–water partition coefficient (Wildman–Crippen LogP) is 3.18. The molecule has 2 aliphatic rings. The van der Waals surface area contributed by atoms with Gasteiger partial charge in [-0.25, -0.2) is 9.18 Å². The Morgan fingerprint density at radius 3 is 2.67 bits per heavy atom. The van der Waals surface area contributed by atoms with Crippen molar-refractivity contribution in [2.45, 2.75) is 12.8 Å². The fourth-order valence-electron chi connectivity index (χ4n) is 3.97. The molecular weight excluding hydrogens is 435 g/mol. The van der Waals surface area contributed by atoms with Gasteiger partial charge in [-0.05, 0) is 37.0 Å². The molecule has 3 amide bonds. The maximum Gasteiger partial charge on any atom is 0.319 e. The molecule has 1 atom stereocenters. The molecule has 0 radical (unpaired) electrons. The summed E-state index contributed by atoms with van der Waals surface area (Å²) < 4.78 is 24.1. The quantitative estimate of drug-likeness (QED) is 0.524. The van der Waals surface area contributed by atoms with Gasteiger partial charge < -0.3 is 25.0 Å². The van der Waals surface area contributed by atoms with Gasteiger partial charge in [0.2, 0.25) is 0 Å². The molecule has 2 aromatic carbocycles. The van der Waals surface area contributed by atoms with Crippen LogP contribution in [0.3, 0.4) is 0 Å². The molecule has 4 rings (SSSR count). The summed E-state index contributed by atoms with van der Waals surface area (Å²) in [5, 5.41) is 16.9.